The van der Waals surface area contributed by atoms with Crippen molar-refractivity contribution in [3.8, 4) is 0 Å². The van der Waals surface area contributed by atoms with Gasteiger partial charge in [0, 0.05) is 42.3 Å². The van der Waals surface area contributed by atoms with E-state index in [4.69, 9.17) is 4.74 Å². The second kappa shape index (κ2) is 7.54. The normalized spacial score (nSPS) is 18.6. The van der Waals surface area contributed by atoms with Crippen LogP contribution in [0.4, 0.5) is 5.69 Å². The highest BCUT2D eigenvalue weighted by Crippen LogP contribution is 2.30. The number of hydrogen-bond acceptors (Lipinski definition) is 4. The molecule has 1 saturated carbocycles. The molecule has 1 aliphatic carbocycles. The van der Waals surface area contributed by atoms with Crippen LogP contribution in [-0.2, 0) is 9.53 Å². The molecule has 1 saturated heterocycles. The summed E-state index contributed by atoms with van der Waals surface area (Å²) in [6, 6.07) is 7.06. The van der Waals surface area contributed by atoms with E-state index in [0.717, 1.165) is 44.8 Å². The highest BCUT2D eigenvalue weighted by molar-refractivity contribution is 5.96. The molecule has 2 aliphatic rings. The zero-order valence-electron chi connectivity index (χ0n) is 15.0. The van der Waals surface area contributed by atoms with E-state index in [9.17, 15) is 9.59 Å². The molecule has 1 aliphatic heterocycles. The summed E-state index contributed by atoms with van der Waals surface area (Å²) in [5, 5.41) is 5.90. The van der Waals surface area contributed by atoms with Gasteiger partial charge in [-0.1, -0.05) is 0 Å². The van der Waals surface area contributed by atoms with E-state index in [1.54, 1.807) is 24.3 Å². The number of nitrogens with zero attached hydrogens (tertiary/aromatic N) is 1. The highest BCUT2D eigenvalue weighted by atomic mass is 16.5. The van der Waals surface area contributed by atoms with Crippen LogP contribution < -0.4 is 10.6 Å². The smallest absolute Gasteiger partial charge is 0.251 e. The van der Waals surface area contributed by atoms with Crippen molar-refractivity contribution >= 4 is 17.5 Å². The van der Waals surface area contributed by atoms with Crippen molar-refractivity contribution in [1.82, 2.24) is 10.2 Å². The van der Waals surface area contributed by atoms with Crippen molar-refractivity contribution in [3.05, 3.63) is 29.8 Å². The molecule has 1 aromatic carbocycles. The third-order valence-corrected chi connectivity index (χ3v) is 4.91. The van der Waals surface area contributed by atoms with Crippen LogP contribution in [0.25, 0.3) is 0 Å². The van der Waals surface area contributed by atoms with Crippen molar-refractivity contribution in [1.29, 1.82) is 0 Å². The number of benzene rings is 1. The van der Waals surface area contributed by atoms with Gasteiger partial charge in [-0.15, -0.1) is 0 Å². The van der Waals surface area contributed by atoms with Crippen molar-refractivity contribution in [2.75, 3.05) is 38.2 Å². The van der Waals surface area contributed by atoms with Gasteiger partial charge in [-0.3, -0.25) is 14.5 Å². The van der Waals surface area contributed by atoms with Crippen molar-refractivity contribution < 1.29 is 14.3 Å². The summed E-state index contributed by atoms with van der Waals surface area (Å²) in [6.07, 6.45) is 1.95. The van der Waals surface area contributed by atoms with Crippen LogP contribution in [-0.4, -0.2) is 55.1 Å². The lowest BCUT2D eigenvalue weighted by atomic mass is 10.0. The van der Waals surface area contributed by atoms with E-state index in [2.05, 4.69) is 29.4 Å². The predicted molar refractivity (Wildman–Crippen MR) is 96.6 cm³/mol. The maximum atomic E-state index is 12.4. The van der Waals surface area contributed by atoms with E-state index in [0.29, 0.717) is 12.1 Å². The fourth-order valence-corrected chi connectivity index (χ4v) is 2.97. The molecule has 1 aromatic rings. The van der Waals surface area contributed by atoms with Crippen molar-refractivity contribution in [2.24, 2.45) is 5.92 Å². The number of nitrogens with one attached hydrogen (secondary N) is 2. The molecule has 2 amide bonds. The number of hydrogen-bond donors (Lipinski definition) is 2. The zero-order valence-corrected chi connectivity index (χ0v) is 15.0. The number of morpholine rings is 1. The molecular formula is C19H27N3O3. The predicted octanol–water partition coefficient (Wildman–Crippen LogP) is 1.88. The summed E-state index contributed by atoms with van der Waals surface area (Å²) in [5.74, 6) is 0.149. The van der Waals surface area contributed by atoms with Gasteiger partial charge in [0.15, 0.2) is 0 Å². The molecular weight excluding hydrogens is 318 g/mol. The monoisotopic (exact) mass is 345 g/mol. The molecule has 136 valence electrons. The molecule has 25 heavy (non-hydrogen) atoms. The highest BCUT2D eigenvalue weighted by Gasteiger charge is 2.30. The van der Waals surface area contributed by atoms with E-state index in [1.807, 2.05) is 0 Å². The van der Waals surface area contributed by atoms with Gasteiger partial charge >= 0.3 is 0 Å². The molecule has 2 fully saturated rings. The van der Waals surface area contributed by atoms with Crippen molar-refractivity contribution in [2.45, 2.75) is 32.2 Å². The van der Waals surface area contributed by atoms with E-state index < -0.39 is 0 Å². The first-order valence-corrected chi connectivity index (χ1v) is 8.98. The first-order chi connectivity index (χ1) is 12.0. The Kier molecular flexibility index (Phi) is 5.39. The molecule has 2 N–H and O–H groups in total. The lowest BCUT2D eigenvalue weighted by Gasteiger charge is -2.40. The molecule has 6 nitrogen and oxygen atoms in total. The first-order valence-electron chi connectivity index (χ1n) is 8.98. The number of amides is 2. The molecule has 0 atom stereocenters. The Bertz CT molecular complexity index is 617. The van der Waals surface area contributed by atoms with E-state index >= 15 is 0 Å². The Hall–Kier alpha value is -1.92. The molecule has 0 radical (unpaired) electrons. The van der Waals surface area contributed by atoms with Crippen LogP contribution in [0.15, 0.2) is 24.3 Å². The molecule has 0 unspecified atom stereocenters. The second-order valence-electron chi connectivity index (χ2n) is 7.44. The molecule has 0 aromatic heterocycles. The Morgan fingerprint density at radius 3 is 2.40 bits per heavy atom. The van der Waals surface area contributed by atoms with Crippen LogP contribution >= 0.6 is 0 Å². The summed E-state index contributed by atoms with van der Waals surface area (Å²) in [5.41, 5.74) is 1.22. The van der Waals surface area contributed by atoms with E-state index in [1.165, 1.54) is 0 Å². The third kappa shape index (κ3) is 4.80. The third-order valence-electron chi connectivity index (χ3n) is 4.91. The summed E-state index contributed by atoms with van der Waals surface area (Å²) in [4.78, 5) is 26.5. The largest absolute Gasteiger partial charge is 0.379 e. The molecule has 6 heteroatoms. The van der Waals surface area contributed by atoms with Gasteiger partial charge in [-0.2, -0.15) is 0 Å². The molecule has 0 bridgehead atoms. The van der Waals surface area contributed by atoms with Gasteiger partial charge in [0.05, 0.1) is 13.2 Å². The summed E-state index contributed by atoms with van der Waals surface area (Å²) < 4.78 is 5.39. The second-order valence-corrected chi connectivity index (χ2v) is 7.44. The van der Waals surface area contributed by atoms with Crippen LogP contribution in [0.5, 0.6) is 0 Å². The van der Waals surface area contributed by atoms with E-state index in [-0.39, 0.29) is 23.3 Å². The Morgan fingerprint density at radius 1 is 1.16 bits per heavy atom. The Morgan fingerprint density at radius 2 is 1.80 bits per heavy atom. The number of carbonyl (C=O) groups is 2. The zero-order chi connectivity index (χ0) is 17.9. The van der Waals surface area contributed by atoms with Gasteiger partial charge in [0.1, 0.15) is 0 Å². The molecule has 3 rings (SSSR count). The molecule has 1 heterocycles. The number of ether oxygens (including phenoxy) is 1. The van der Waals surface area contributed by atoms with Gasteiger partial charge in [-0.25, -0.2) is 0 Å². The van der Waals surface area contributed by atoms with Gasteiger partial charge in [-0.05, 0) is 51.0 Å². The SMILES string of the molecule is CC(C)(CNC(=O)c1ccc(NC(=O)C2CC2)cc1)N1CCOCC1. The summed E-state index contributed by atoms with van der Waals surface area (Å²) >= 11 is 0. The van der Waals surface area contributed by atoms with Crippen LogP contribution in [0.1, 0.15) is 37.0 Å². The van der Waals surface area contributed by atoms with Crippen LogP contribution in [0, 0.1) is 5.92 Å². The minimum absolute atomic E-state index is 0.0736. The van der Waals surface area contributed by atoms with Gasteiger partial charge < -0.3 is 15.4 Å². The topological polar surface area (TPSA) is 70.7 Å². The fraction of sp³-hybridized carbons (Fsp3) is 0.579. The minimum Gasteiger partial charge on any atom is -0.379 e. The number of carbonyl (C=O) groups excluding carboxylic acids is 2. The fourth-order valence-electron chi connectivity index (χ4n) is 2.97. The number of rotatable bonds is 6. The average Bonchev–Trinajstić information content (AvgIpc) is 3.46. The van der Waals surface area contributed by atoms with Gasteiger partial charge in [0.2, 0.25) is 5.91 Å². The number of anilines is 1. The van der Waals surface area contributed by atoms with Crippen LogP contribution in [0.2, 0.25) is 0 Å². The molecule has 0 spiro atoms. The Labute approximate surface area is 148 Å². The lowest BCUT2D eigenvalue weighted by molar-refractivity contribution is -0.117. The summed E-state index contributed by atoms with van der Waals surface area (Å²) in [6.45, 7) is 8.10. The first kappa shape index (κ1) is 17.9. The average molecular weight is 345 g/mol. The van der Waals surface area contributed by atoms with Crippen molar-refractivity contribution in [3.63, 3.8) is 0 Å². The Balaban J connectivity index is 1.51. The maximum absolute atomic E-state index is 12.4. The summed E-state index contributed by atoms with van der Waals surface area (Å²) in [7, 11) is 0. The van der Waals surface area contributed by atoms with Gasteiger partial charge in [0.25, 0.3) is 5.91 Å². The standard InChI is InChI=1S/C19H27N3O3/c1-19(2,22-9-11-25-12-10-22)13-20-17(23)14-5-7-16(8-6-14)21-18(24)15-3-4-15/h5-8,15H,3-4,9-13H2,1-2H3,(H,20,23)(H,21,24). The van der Waals surface area contributed by atoms with Crippen LogP contribution in [0.3, 0.4) is 0 Å². The minimum atomic E-state index is -0.113. The lowest BCUT2D eigenvalue weighted by Crippen LogP contribution is -2.55. The quantitative estimate of drug-likeness (QED) is 0.826. The maximum Gasteiger partial charge on any atom is 0.251 e.